The van der Waals surface area contributed by atoms with Crippen LogP contribution in [0.3, 0.4) is 0 Å². The number of nitrogens with zero attached hydrogens (tertiary/aromatic N) is 5. The van der Waals surface area contributed by atoms with Gasteiger partial charge in [0.1, 0.15) is 0 Å². The minimum atomic E-state index is -0.167. The second-order valence-corrected chi connectivity index (χ2v) is 8.99. The first-order valence-corrected chi connectivity index (χ1v) is 12.6. The fourth-order valence-corrected chi connectivity index (χ4v) is 4.54. The number of carbonyl (C=O) groups is 1. The van der Waals surface area contributed by atoms with Crippen LogP contribution in [0.15, 0.2) is 110 Å². The lowest BCUT2D eigenvalue weighted by Crippen LogP contribution is -2.23. The molecule has 0 bridgehead atoms. The molecule has 6 rings (SSSR count). The van der Waals surface area contributed by atoms with E-state index >= 15 is 0 Å². The molecule has 0 saturated carbocycles. The number of para-hydroxylation sites is 2. The summed E-state index contributed by atoms with van der Waals surface area (Å²) in [4.78, 5) is 18.4. The van der Waals surface area contributed by atoms with Gasteiger partial charge in [-0.05, 0) is 31.2 Å². The van der Waals surface area contributed by atoms with Crippen LogP contribution in [-0.4, -0.2) is 30.5 Å². The number of rotatable bonds is 7. The molecular formula is C31H26N6O. The van der Waals surface area contributed by atoms with E-state index < -0.39 is 0 Å². The Hall–Kier alpha value is -5.04. The van der Waals surface area contributed by atoms with Crippen LogP contribution in [0.2, 0.25) is 0 Å². The Bertz CT molecular complexity index is 1720. The van der Waals surface area contributed by atoms with Crippen LogP contribution < -0.4 is 5.32 Å². The smallest absolute Gasteiger partial charge is 0.252 e. The summed E-state index contributed by atoms with van der Waals surface area (Å²) in [5.41, 5.74) is 6.65. The van der Waals surface area contributed by atoms with E-state index in [0.29, 0.717) is 12.1 Å². The second kappa shape index (κ2) is 10.1. The Labute approximate surface area is 220 Å². The van der Waals surface area contributed by atoms with Gasteiger partial charge in [0.05, 0.1) is 34.4 Å². The summed E-state index contributed by atoms with van der Waals surface area (Å²) in [6.07, 6.45) is 5.71. The van der Waals surface area contributed by atoms with Gasteiger partial charge in [-0.1, -0.05) is 66.7 Å². The van der Waals surface area contributed by atoms with E-state index in [0.717, 1.165) is 51.2 Å². The predicted octanol–water partition coefficient (Wildman–Crippen LogP) is 5.90. The zero-order valence-corrected chi connectivity index (χ0v) is 21.0. The number of nitrogens with one attached hydrogen (secondary N) is 1. The van der Waals surface area contributed by atoms with Crippen LogP contribution in [0, 0.1) is 0 Å². The van der Waals surface area contributed by atoms with E-state index in [2.05, 4.69) is 10.4 Å². The molecule has 7 heteroatoms. The summed E-state index contributed by atoms with van der Waals surface area (Å²) >= 11 is 0. The van der Waals surface area contributed by atoms with Crippen molar-refractivity contribution in [3.8, 4) is 28.2 Å². The molecular weight excluding hydrogens is 472 g/mol. The van der Waals surface area contributed by atoms with E-state index in [1.807, 2.05) is 120 Å². The largest absolute Gasteiger partial charge is 0.348 e. The molecule has 38 heavy (non-hydrogen) atoms. The zero-order valence-electron chi connectivity index (χ0n) is 21.0. The second-order valence-electron chi connectivity index (χ2n) is 8.99. The molecule has 1 N–H and O–H groups in total. The number of hydrogen-bond donors (Lipinski definition) is 1. The maximum atomic E-state index is 13.6. The molecule has 0 spiro atoms. The highest BCUT2D eigenvalue weighted by Gasteiger charge is 2.17. The predicted molar refractivity (Wildman–Crippen MR) is 149 cm³/mol. The van der Waals surface area contributed by atoms with E-state index in [1.165, 1.54) is 0 Å². The van der Waals surface area contributed by atoms with Crippen molar-refractivity contribution in [2.75, 3.05) is 0 Å². The molecule has 0 atom stereocenters. The molecule has 0 radical (unpaired) electrons. The Morgan fingerprint density at radius 2 is 1.61 bits per heavy atom. The van der Waals surface area contributed by atoms with Gasteiger partial charge in [-0.25, -0.2) is 9.67 Å². The van der Waals surface area contributed by atoms with Crippen LogP contribution >= 0.6 is 0 Å². The van der Waals surface area contributed by atoms with Crippen molar-refractivity contribution < 1.29 is 4.79 Å². The summed E-state index contributed by atoms with van der Waals surface area (Å²) in [5.74, 6) is -0.167. The Morgan fingerprint density at radius 1 is 0.868 bits per heavy atom. The summed E-state index contributed by atoms with van der Waals surface area (Å²) in [5, 5.41) is 13.2. The van der Waals surface area contributed by atoms with Crippen LogP contribution in [0.25, 0.3) is 39.1 Å². The van der Waals surface area contributed by atoms with Crippen LogP contribution in [-0.2, 0) is 13.1 Å². The van der Waals surface area contributed by atoms with Crippen molar-refractivity contribution >= 4 is 16.8 Å². The molecule has 6 aromatic rings. The summed E-state index contributed by atoms with van der Waals surface area (Å²) in [7, 11) is 0. The molecule has 3 aromatic heterocycles. The lowest BCUT2D eigenvalue weighted by atomic mass is 10.0. The first-order valence-electron chi connectivity index (χ1n) is 12.6. The van der Waals surface area contributed by atoms with Gasteiger partial charge < -0.3 is 5.32 Å². The zero-order chi connectivity index (χ0) is 25.9. The standard InChI is InChI=1S/C31H26N6O/c1-2-36-20-23(19-33-36)29-17-27(26-15-9-10-16-28(26)34-29)31(38)32-18-24-21-37(25-13-7-4-8-14-25)35-30(24)22-11-5-3-6-12-22/h3-17,19-21H,2,18H2,1H3,(H,32,38). The first kappa shape index (κ1) is 23.4. The van der Waals surface area contributed by atoms with Gasteiger partial charge >= 0.3 is 0 Å². The third kappa shape index (κ3) is 4.57. The Balaban J connectivity index is 1.34. The van der Waals surface area contributed by atoms with Crippen molar-refractivity contribution in [2.24, 2.45) is 0 Å². The molecule has 0 unspecified atom stereocenters. The van der Waals surface area contributed by atoms with Crippen molar-refractivity contribution in [2.45, 2.75) is 20.0 Å². The SMILES string of the molecule is CCn1cc(-c2cc(C(=O)NCc3cn(-c4ccccc4)nc3-c3ccccc3)c3ccccc3n2)cn1. The minimum Gasteiger partial charge on any atom is -0.348 e. The van der Waals surface area contributed by atoms with Gasteiger partial charge in [-0.2, -0.15) is 10.2 Å². The molecule has 0 fully saturated rings. The number of aryl methyl sites for hydroxylation is 1. The first-order chi connectivity index (χ1) is 18.7. The molecule has 3 aromatic carbocycles. The molecule has 3 heterocycles. The van der Waals surface area contributed by atoms with Gasteiger partial charge in [-0.15, -0.1) is 0 Å². The fourth-order valence-electron chi connectivity index (χ4n) is 4.54. The van der Waals surface area contributed by atoms with Gasteiger partial charge in [0.2, 0.25) is 0 Å². The number of hydrogen-bond acceptors (Lipinski definition) is 4. The maximum absolute atomic E-state index is 13.6. The molecule has 0 saturated heterocycles. The summed E-state index contributed by atoms with van der Waals surface area (Å²) < 4.78 is 3.70. The molecule has 0 aliphatic rings. The lowest BCUT2D eigenvalue weighted by molar-refractivity contribution is 0.0952. The van der Waals surface area contributed by atoms with E-state index in [-0.39, 0.29) is 5.91 Å². The normalized spacial score (nSPS) is 11.1. The third-order valence-electron chi connectivity index (χ3n) is 6.51. The van der Waals surface area contributed by atoms with Gasteiger partial charge in [-0.3, -0.25) is 9.48 Å². The van der Waals surface area contributed by atoms with Gasteiger partial charge in [0.25, 0.3) is 5.91 Å². The quantitative estimate of drug-likeness (QED) is 0.297. The number of benzene rings is 3. The van der Waals surface area contributed by atoms with Crippen LogP contribution in [0.4, 0.5) is 0 Å². The topological polar surface area (TPSA) is 77.6 Å². The summed E-state index contributed by atoms with van der Waals surface area (Å²) in [6.45, 7) is 3.13. The fraction of sp³-hybridized carbons (Fsp3) is 0.0968. The number of pyridine rings is 1. The third-order valence-corrected chi connectivity index (χ3v) is 6.51. The molecule has 0 aliphatic heterocycles. The molecule has 186 valence electrons. The number of fused-ring (bicyclic) bond motifs is 1. The highest BCUT2D eigenvalue weighted by molar-refractivity contribution is 6.07. The van der Waals surface area contributed by atoms with Crippen LogP contribution in [0.1, 0.15) is 22.8 Å². The van der Waals surface area contributed by atoms with Crippen molar-refractivity contribution in [1.82, 2.24) is 29.9 Å². The van der Waals surface area contributed by atoms with E-state index in [4.69, 9.17) is 10.1 Å². The molecule has 1 amide bonds. The summed E-state index contributed by atoms with van der Waals surface area (Å²) in [6, 6.07) is 29.5. The Morgan fingerprint density at radius 3 is 2.37 bits per heavy atom. The average Bonchev–Trinajstić information content (AvgIpc) is 3.64. The monoisotopic (exact) mass is 498 g/mol. The average molecular weight is 499 g/mol. The lowest BCUT2D eigenvalue weighted by Gasteiger charge is -2.10. The van der Waals surface area contributed by atoms with Crippen LogP contribution in [0.5, 0.6) is 0 Å². The highest BCUT2D eigenvalue weighted by atomic mass is 16.1. The molecule has 0 aliphatic carbocycles. The van der Waals surface area contributed by atoms with Crippen molar-refractivity contribution in [3.05, 3.63) is 121 Å². The highest BCUT2D eigenvalue weighted by Crippen LogP contribution is 2.26. The number of aromatic nitrogens is 5. The number of amides is 1. The molecule has 7 nitrogen and oxygen atoms in total. The van der Waals surface area contributed by atoms with Crippen molar-refractivity contribution in [1.29, 1.82) is 0 Å². The van der Waals surface area contributed by atoms with Gasteiger partial charge in [0.15, 0.2) is 0 Å². The maximum Gasteiger partial charge on any atom is 0.252 e. The van der Waals surface area contributed by atoms with Crippen molar-refractivity contribution in [3.63, 3.8) is 0 Å². The Kier molecular flexibility index (Phi) is 6.24. The van der Waals surface area contributed by atoms with E-state index in [1.54, 1.807) is 6.20 Å². The van der Waals surface area contributed by atoms with Gasteiger partial charge in [0, 0.05) is 47.6 Å². The van der Waals surface area contributed by atoms with E-state index in [9.17, 15) is 4.79 Å². The minimum absolute atomic E-state index is 0.167. The number of carbonyl (C=O) groups excluding carboxylic acids is 1.